The largest absolute Gasteiger partial charge is 0.508 e. The van der Waals surface area contributed by atoms with E-state index in [-0.39, 0.29) is 11.5 Å². The maximum atomic E-state index is 9.51. The van der Waals surface area contributed by atoms with Gasteiger partial charge in [-0.3, -0.25) is 0 Å². The second-order valence-corrected chi connectivity index (χ2v) is 4.58. The lowest BCUT2D eigenvalue weighted by Crippen LogP contribution is -2.36. The highest BCUT2D eigenvalue weighted by atomic mass is 16.3. The number of hydrogen-bond donors (Lipinski definition) is 2. The predicted molar refractivity (Wildman–Crippen MR) is 56.4 cm³/mol. The Morgan fingerprint density at radius 3 is 2.36 bits per heavy atom. The summed E-state index contributed by atoms with van der Waals surface area (Å²) in [6, 6.07) is 4.64. The van der Waals surface area contributed by atoms with Gasteiger partial charge in [0.15, 0.2) is 0 Å². The van der Waals surface area contributed by atoms with Crippen molar-refractivity contribution < 1.29 is 14.7 Å². The van der Waals surface area contributed by atoms with E-state index < -0.39 is 0 Å². The van der Waals surface area contributed by atoms with Crippen LogP contribution in [-0.2, 0) is 6.42 Å². The predicted octanol–water partition coefficient (Wildman–Crippen LogP) is 1.35. The van der Waals surface area contributed by atoms with Gasteiger partial charge in [0.1, 0.15) is 11.5 Å². The summed E-state index contributed by atoms with van der Waals surface area (Å²) in [5, 5.41) is 18.8. The van der Waals surface area contributed by atoms with E-state index in [4.69, 9.17) is 0 Å². The Bertz CT molecular complexity index is 316. The highest BCUT2D eigenvalue weighted by molar-refractivity contribution is 5.38. The first-order valence-corrected chi connectivity index (χ1v) is 4.70. The molecule has 1 aromatic carbocycles. The lowest BCUT2D eigenvalue weighted by atomic mass is 10.1. The van der Waals surface area contributed by atoms with Crippen molar-refractivity contribution in [3.05, 3.63) is 23.8 Å². The fraction of sp³-hybridized carbons (Fsp3) is 0.455. The molecule has 0 aliphatic heterocycles. The lowest BCUT2D eigenvalue weighted by Gasteiger charge is -2.23. The molecule has 3 nitrogen and oxygen atoms in total. The highest BCUT2D eigenvalue weighted by Gasteiger charge is 2.09. The van der Waals surface area contributed by atoms with E-state index in [2.05, 4.69) is 21.1 Å². The van der Waals surface area contributed by atoms with Gasteiger partial charge in [0, 0.05) is 12.0 Å². The Morgan fingerprint density at radius 2 is 1.79 bits per heavy atom. The third kappa shape index (κ3) is 3.26. The number of quaternary nitrogens is 1. The van der Waals surface area contributed by atoms with Gasteiger partial charge in [-0.2, -0.15) is 0 Å². The van der Waals surface area contributed by atoms with E-state index in [0.717, 1.165) is 23.0 Å². The van der Waals surface area contributed by atoms with Crippen molar-refractivity contribution in [1.82, 2.24) is 0 Å². The van der Waals surface area contributed by atoms with Crippen LogP contribution < -0.4 is 0 Å². The first-order valence-electron chi connectivity index (χ1n) is 4.70. The minimum Gasteiger partial charge on any atom is -0.508 e. The molecule has 1 aromatic rings. The Hall–Kier alpha value is -1.22. The summed E-state index contributed by atoms with van der Waals surface area (Å²) in [7, 11) is 6.29. The van der Waals surface area contributed by atoms with Crippen molar-refractivity contribution in [2.75, 3.05) is 27.7 Å². The Kier molecular flexibility index (Phi) is 3.01. The molecule has 0 saturated carbocycles. The fourth-order valence-corrected chi connectivity index (χ4v) is 1.23. The number of phenolic OH excluding ortho intramolecular Hbond substituents is 2. The molecular weight excluding hydrogens is 178 g/mol. The van der Waals surface area contributed by atoms with Crippen molar-refractivity contribution in [3.63, 3.8) is 0 Å². The van der Waals surface area contributed by atoms with Crippen LogP contribution in [0.2, 0.25) is 0 Å². The molecule has 0 aromatic heterocycles. The van der Waals surface area contributed by atoms with Crippen LogP contribution in [0.1, 0.15) is 5.56 Å². The molecule has 0 fully saturated rings. The van der Waals surface area contributed by atoms with E-state index in [1.165, 1.54) is 12.1 Å². The molecule has 0 saturated heterocycles. The zero-order valence-corrected chi connectivity index (χ0v) is 8.99. The summed E-state index contributed by atoms with van der Waals surface area (Å²) in [4.78, 5) is 0. The molecule has 0 unspecified atom stereocenters. The summed E-state index contributed by atoms with van der Waals surface area (Å²) < 4.78 is 0.842. The molecule has 0 amide bonds. The van der Waals surface area contributed by atoms with Crippen molar-refractivity contribution >= 4 is 0 Å². The average Bonchev–Trinajstić information content (AvgIpc) is 2.05. The van der Waals surface area contributed by atoms with Crippen LogP contribution in [0, 0.1) is 0 Å². The van der Waals surface area contributed by atoms with Gasteiger partial charge in [-0.25, -0.2) is 0 Å². The van der Waals surface area contributed by atoms with Crippen molar-refractivity contribution in [2.24, 2.45) is 0 Å². The van der Waals surface area contributed by atoms with Gasteiger partial charge in [0.05, 0.1) is 27.7 Å². The van der Waals surface area contributed by atoms with Gasteiger partial charge >= 0.3 is 0 Å². The molecule has 0 spiro atoms. The van der Waals surface area contributed by atoms with Crippen LogP contribution >= 0.6 is 0 Å². The van der Waals surface area contributed by atoms with E-state index in [9.17, 15) is 10.2 Å². The van der Waals surface area contributed by atoms with Crippen LogP contribution in [0.4, 0.5) is 0 Å². The molecule has 0 atom stereocenters. The zero-order chi connectivity index (χ0) is 10.8. The number of nitrogens with zero attached hydrogens (tertiary/aromatic N) is 1. The molecule has 0 heterocycles. The first-order chi connectivity index (χ1) is 6.38. The summed E-state index contributed by atoms with van der Waals surface area (Å²) in [5.41, 5.74) is 0.804. The van der Waals surface area contributed by atoms with E-state index in [1.807, 2.05) is 0 Å². The monoisotopic (exact) mass is 196 g/mol. The third-order valence-corrected chi connectivity index (χ3v) is 2.12. The quantitative estimate of drug-likeness (QED) is 0.566. The second-order valence-electron chi connectivity index (χ2n) is 4.58. The second kappa shape index (κ2) is 3.88. The van der Waals surface area contributed by atoms with E-state index >= 15 is 0 Å². The fourth-order valence-electron chi connectivity index (χ4n) is 1.23. The van der Waals surface area contributed by atoms with Gasteiger partial charge < -0.3 is 14.7 Å². The first kappa shape index (κ1) is 10.9. The number of rotatable bonds is 3. The number of benzene rings is 1. The zero-order valence-electron chi connectivity index (χ0n) is 8.99. The van der Waals surface area contributed by atoms with Crippen LogP contribution in [0.25, 0.3) is 0 Å². The molecule has 0 bridgehead atoms. The topological polar surface area (TPSA) is 40.5 Å². The van der Waals surface area contributed by atoms with Crippen LogP contribution in [0.15, 0.2) is 18.2 Å². The van der Waals surface area contributed by atoms with Gasteiger partial charge in [-0.15, -0.1) is 0 Å². The van der Waals surface area contributed by atoms with Crippen molar-refractivity contribution in [1.29, 1.82) is 0 Å². The summed E-state index contributed by atoms with van der Waals surface area (Å²) >= 11 is 0. The number of hydrogen-bond acceptors (Lipinski definition) is 2. The summed E-state index contributed by atoms with van der Waals surface area (Å²) in [6.07, 6.45) is 0.768. The Morgan fingerprint density at radius 1 is 1.14 bits per heavy atom. The van der Waals surface area contributed by atoms with Gasteiger partial charge in [0.2, 0.25) is 0 Å². The van der Waals surface area contributed by atoms with Gasteiger partial charge in [0.25, 0.3) is 0 Å². The Labute approximate surface area is 84.8 Å². The van der Waals surface area contributed by atoms with Crippen LogP contribution in [0.5, 0.6) is 11.5 Å². The molecular formula is C11H18NO2+. The lowest BCUT2D eigenvalue weighted by molar-refractivity contribution is -0.870. The molecule has 3 heteroatoms. The number of aromatic hydroxyl groups is 2. The molecule has 14 heavy (non-hydrogen) atoms. The smallest absolute Gasteiger partial charge is 0.119 e. The maximum Gasteiger partial charge on any atom is 0.119 e. The molecule has 78 valence electrons. The van der Waals surface area contributed by atoms with E-state index in [0.29, 0.717) is 0 Å². The Balaban J connectivity index is 2.72. The van der Waals surface area contributed by atoms with Crippen LogP contribution in [-0.4, -0.2) is 42.4 Å². The molecule has 0 aliphatic carbocycles. The minimum atomic E-state index is 0.208. The van der Waals surface area contributed by atoms with Crippen LogP contribution in [0.3, 0.4) is 0 Å². The summed E-state index contributed by atoms with van der Waals surface area (Å²) in [6.45, 7) is 0.928. The third-order valence-electron chi connectivity index (χ3n) is 2.12. The summed E-state index contributed by atoms with van der Waals surface area (Å²) in [5.74, 6) is 0.468. The highest BCUT2D eigenvalue weighted by Crippen LogP contribution is 2.22. The standard InChI is InChI=1S/C11H17NO2/c1-12(2,3)7-6-9-8-10(13)4-5-11(9)14/h4-5,8H,6-7H2,1-3H3,(H-,13,14)/p+1. The SMILES string of the molecule is C[N+](C)(C)CCc1cc(O)ccc1O. The van der Waals surface area contributed by atoms with E-state index in [1.54, 1.807) is 6.07 Å². The van der Waals surface area contributed by atoms with Crippen molar-refractivity contribution in [3.8, 4) is 11.5 Å². The minimum absolute atomic E-state index is 0.208. The molecule has 0 radical (unpaired) electrons. The average molecular weight is 196 g/mol. The van der Waals surface area contributed by atoms with Gasteiger partial charge in [-0.05, 0) is 18.2 Å². The van der Waals surface area contributed by atoms with Crippen molar-refractivity contribution in [2.45, 2.75) is 6.42 Å². The van der Waals surface area contributed by atoms with Gasteiger partial charge in [-0.1, -0.05) is 0 Å². The molecule has 1 rings (SSSR count). The normalized spacial score (nSPS) is 11.6. The number of likely N-dealkylation sites (N-methyl/N-ethyl adjacent to an activating group) is 1. The number of phenols is 2. The molecule has 2 N–H and O–H groups in total. The maximum absolute atomic E-state index is 9.51. The molecule has 0 aliphatic rings.